The SMILES string of the molecule is NCCOCCOCCNc1nc(NCCCn2ccnc2)nc(C2CCCCC2)n1. The molecule has 0 unspecified atom stereocenters. The number of nitrogens with two attached hydrogens (primary N) is 1. The third-order valence-corrected chi connectivity index (χ3v) is 5.22. The van der Waals surface area contributed by atoms with Crippen LogP contribution < -0.4 is 16.4 Å². The van der Waals surface area contributed by atoms with Crippen molar-refractivity contribution in [1.29, 1.82) is 0 Å². The van der Waals surface area contributed by atoms with Gasteiger partial charge in [-0.1, -0.05) is 19.3 Å². The minimum absolute atomic E-state index is 0.416. The van der Waals surface area contributed by atoms with Crippen LogP contribution in [0.15, 0.2) is 18.7 Å². The van der Waals surface area contributed by atoms with Crippen molar-refractivity contribution in [3.8, 4) is 0 Å². The third kappa shape index (κ3) is 8.76. The molecule has 0 atom stereocenters. The van der Waals surface area contributed by atoms with E-state index in [-0.39, 0.29) is 0 Å². The molecule has 2 aromatic heterocycles. The molecule has 172 valence electrons. The van der Waals surface area contributed by atoms with Gasteiger partial charge in [0.05, 0.1) is 32.8 Å². The summed E-state index contributed by atoms with van der Waals surface area (Å²) in [6.45, 7) is 5.09. The van der Waals surface area contributed by atoms with E-state index < -0.39 is 0 Å². The van der Waals surface area contributed by atoms with E-state index in [9.17, 15) is 0 Å². The molecule has 10 heteroatoms. The third-order valence-electron chi connectivity index (χ3n) is 5.22. The second-order valence-electron chi connectivity index (χ2n) is 7.70. The van der Waals surface area contributed by atoms with Gasteiger partial charge in [0.15, 0.2) is 0 Å². The molecule has 0 aromatic carbocycles. The molecular weight excluding hydrogens is 396 g/mol. The number of hydrogen-bond donors (Lipinski definition) is 3. The van der Waals surface area contributed by atoms with E-state index in [2.05, 4.69) is 25.2 Å². The van der Waals surface area contributed by atoms with Gasteiger partial charge in [0.1, 0.15) is 5.82 Å². The van der Waals surface area contributed by atoms with Crippen LogP contribution in [0.3, 0.4) is 0 Å². The Hall–Kier alpha value is -2.30. The molecule has 10 nitrogen and oxygen atoms in total. The molecule has 2 aromatic rings. The van der Waals surface area contributed by atoms with Crippen LogP contribution in [0.25, 0.3) is 0 Å². The Balaban J connectivity index is 1.48. The first-order valence-electron chi connectivity index (χ1n) is 11.4. The van der Waals surface area contributed by atoms with Crippen LogP contribution in [0.4, 0.5) is 11.9 Å². The van der Waals surface area contributed by atoms with Gasteiger partial charge < -0.3 is 30.4 Å². The largest absolute Gasteiger partial charge is 0.378 e. The Morgan fingerprint density at radius 2 is 1.68 bits per heavy atom. The smallest absolute Gasteiger partial charge is 0.227 e. The average molecular weight is 433 g/mol. The molecule has 0 radical (unpaired) electrons. The number of nitrogens with zero attached hydrogens (tertiary/aromatic N) is 5. The van der Waals surface area contributed by atoms with Gasteiger partial charge in [-0.3, -0.25) is 0 Å². The van der Waals surface area contributed by atoms with Crippen molar-refractivity contribution in [3.63, 3.8) is 0 Å². The highest BCUT2D eigenvalue weighted by molar-refractivity contribution is 5.35. The summed E-state index contributed by atoms with van der Waals surface area (Å²) in [5.74, 6) is 2.56. The van der Waals surface area contributed by atoms with Gasteiger partial charge in [-0.25, -0.2) is 4.98 Å². The van der Waals surface area contributed by atoms with Gasteiger partial charge in [-0.15, -0.1) is 0 Å². The Bertz CT molecular complexity index is 722. The van der Waals surface area contributed by atoms with E-state index in [1.54, 1.807) is 6.20 Å². The van der Waals surface area contributed by atoms with Crippen LogP contribution in [0.5, 0.6) is 0 Å². The first kappa shape index (κ1) is 23.4. The summed E-state index contributed by atoms with van der Waals surface area (Å²) in [5, 5.41) is 6.64. The van der Waals surface area contributed by atoms with E-state index in [1.165, 1.54) is 19.3 Å². The Labute approximate surface area is 184 Å². The first-order valence-corrected chi connectivity index (χ1v) is 11.4. The van der Waals surface area contributed by atoms with E-state index in [0.29, 0.717) is 57.3 Å². The lowest BCUT2D eigenvalue weighted by Crippen LogP contribution is -2.18. The maximum atomic E-state index is 5.57. The molecule has 4 N–H and O–H groups in total. The predicted molar refractivity (Wildman–Crippen MR) is 120 cm³/mol. The summed E-state index contributed by atoms with van der Waals surface area (Å²) in [4.78, 5) is 18.1. The molecule has 1 aliphatic rings. The van der Waals surface area contributed by atoms with Crippen LogP contribution >= 0.6 is 0 Å². The van der Waals surface area contributed by atoms with Crippen LogP contribution in [-0.4, -0.2) is 70.6 Å². The standard InChI is InChI=1S/C21H36N8O2/c22-7-13-30-15-16-31-14-10-25-21-27-19(18-5-2-1-3-6-18)26-20(28-21)24-8-4-11-29-12-9-23-17-29/h9,12,17-18H,1-8,10-11,13-16,22H2,(H2,24,25,26,27,28). The highest BCUT2D eigenvalue weighted by Crippen LogP contribution is 2.31. The summed E-state index contributed by atoms with van der Waals surface area (Å²) in [6, 6.07) is 0. The molecule has 3 rings (SSSR count). The number of aryl methyl sites for hydroxylation is 1. The predicted octanol–water partition coefficient (Wildman–Crippen LogP) is 2.02. The molecule has 0 saturated heterocycles. The molecule has 1 fully saturated rings. The number of rotatable bonds is 15. The maximum Gasteiger partial charge on any atom is 0.227 e. The monoisotopic (exact) mass is 432 g/mol. The molecule has 0 amide bonds. The Morgan fingerprint density at radius 1 is 0.935 bits per heavy atom. The highest BCUT2D eigenvalue weighted by Gasteiger charge is 2.20. The zero-order chi connectivity index (χ0) is 21.6. The van der Waals surface area contributed by atoms with Gasteiger partial charge in [-0.05, 0) is 19.3 Å². The number of aromatic nitrogens is 5. The first-order chi connectivity index (χ1) is 15.3. The molecule has 0 bridgehead atoms. The fourth-order valence-electron chi connectivity index (χ4n) is 3.61. The van der Waals surface area contributed by atoms with E-state index in [4.69, 9.17) is 25.2 Å². The number of hydrogen-bond acceptors (Lipinski definition) is 9. The van der Waals surface area contributed by atoms with Gasteiger partial charge in [-0.2, -0.15) is 15.0 Å². The summed E-state index contributed by atoms with van der Waals surface area (Å²) in [6.07, 6.45) is 12.6. The summed E-state index contributed by atoms with van der Waals surface area (Å²) < 4.78 is 12.9. The van der Waals surface area contributed by atoms with Gasteiger partial charge >= 0.3 is 0 Å². The van der Waals surface area contributed by atoms with Crippen molar-refractivity contribution in [1.82, 2.24) is 24.5 Å². The molecular formula is C21H36N8O2. The molecule has 0 aliphatic heterocycles. The molecule has 1 saturated carbocycles. The Morgan fingerprint density at radius 3 is 2.39 bits per heavy atom. The van der Waals surface area contributed by atoms with Gasteiger partial charge in [0, 0.05) is 44.5 Å². The van der Waals surface area contributed by atoms with Crippen molar-refractivity contribution >= 4 is 11.9 Å². The molecule has 2 heterocycles. The Kier molecular flexibility index (Phi) is 10.5. The maximum absolute atomic E-state index is 5.57. The normalized spacial score (nSPS) is 14.6. The van der Waals surface area contributed by atoms with Gasteiger partial charge in [0.25, 0.3) is 0 Å². The van der Waals surface area contributed by atoms with Crippen molar-refractivity contribution in [2.75, 3.05) is 56.7 Å². The molecule has 31 heavy (non-hydrogen) atoms. The second-order valence-corrected chi connectivity index (χ2v) is 7.70. The fraction of sp³-hybridized carbons (Fsp3) is 0.714. The number of anilines is 2. The van der Waals surface area contributed by atoms with Crippen LogP contribution in [-0.2, 0) is 16.0 Å². The van der Waals surface area contributed by atoms with Crippen molar-refractivity contribution in [2.24, 2.45) is 5.73 Å². The van der Waals surface area contributed by atoms with E-state index in [1.807, 2.05) is 12.5 Å². The average Bonchev–Trinajstić information content (AvgIpc) is 3.33. The van der Waals surface area contributed by atoms with Crippen molar-refractivity contribution in [2.45, 2.75) is 51.0 Å². The van der Waals surface area contributed by atoms with Crippen LogP contribution in [0.2, 0.25) is 0 Å². The molecule has 1 aliphatic carbocycles. The highest BCUT2D eigenvalue weighted by atomic mass is 16.5. The summed E-state index contributed by atoms with van der Waals surface area (Å²) in [7, 11) is 0. The lowest BCUT2D eigenvalue weighted by Gasteiger charge is -2.21. The van der Waals surface area contributed by atoms with Crippen LogP contribution in [0.1, 0.15) is 50.3 Å². The minimum Gasteiger partial charge on any atom is -0.378 e. The number of imidazole rings is 1. The number of ether oxygens (including phenoxy) is 2. The zero-order valence-electron chi connectivity index (χ0n) is 18.3. The quantitative estimate of drug-likeness (QED) is 0.362. The van der Waals surface area contributed by atoms with Crippen molar-refractivity contribution < 1.29 is 9.47 Å². The zero-order valence-corrected chi connectivity index (χ0v) is 18.3. The van der Waals surface area contributed by atoms with Crippen LogP contribution in [0, 0.1) is 0 Å². The number of nitrogens with one attached hydrogen (secondary N) is 2. The topological polar surface area (TPSA) is 125 Å². The van der Waals surface area contributed by atoms with E-state index >= 15 is 0 Å². The van der Waals surface area contributed by atoms with Gasteiger partial charge in [0.2, 0.25) is 11.9 Å². The lowest BCUT2D eigenvalue weighted by molar-refractivity contribution is 0.0547. The fourth-order valence-corrected chi connectivity index (χ4v) is 3.61. The van der Waals surface area contributed by atoms with E-state index in [0.717, 1.165) is 38.2 Å². The molecule has 0 spiro atoms. The van der Waals surface area contributed by atoms with Crippen molar-refractivity contribution in [3.05, 3.63) is 24.5 Å². The second kappa shape index (κ2) is 13.9. The summed E-state index contributed by atoms with van der Waals surface area (Å²) >= 11 is 0. The summed E-state index contributed by atoms with van der Waals surface area (Å²) in [5.41, 5.74) is 5.39. The lowest BCUT2D eigenvalue weighted by atomic mass is 9.89. The minimum atomic E-state index is 0.416.